The first kappa shape index (κ1) is 16.6. The molecule has 1 atom stereocenters. The lowest BCUT2D eigenvalue weighted by molar-refractivity contribution is 0.456. The summed E-state index contributed by atoms with van der Waals surface area (Å²) in [5.41, 5.74) is 1.77. The molecule has 1 aliphatic heterocycles. The summed E-state index contributed by atoms with van der Waals surface area (Å²) < 4.78 is 1.61. The first-order chi connectivity index (χ1) is 11.3. The zero-order chi connectivity index (χ0) is 17.3. The number of rotatable bonds is 3. The van der Waals surface area contributed by atoms with Gasteiger partial charge in [0, 0.05) is 29.8 Å². The Bertz CT molecular complexity index is 777. The molecule has 0 spiro atoms. The molecule has 0 aromatic carbocycles. The van der Waals surface area contributed by atoms with Crippen LogP contribution in [0.5, 0.6) is 0 Å². The van der Waals surface area contributed by atoms with Gasteiger partial charge in [-0.15, -0.1) is 0 Å². The van der Waals surface area contributed by atoms with Gasteiger partial charge in [0.15, 0.2) is 0 Å². The zero-order valence-electron chi connectivity index (χ0n) is 14.9. The molecule has 3 heterocycles. The average molecular weight is 327 g/mol. The summed E-state index contributed by atoms with van der Waals surface area (Å²) in [6, 6.07) is 5.70. The maximum Gasteiger partial charge on any atom is 0.266 e. The Kier molecular flexibility index (Phi) is 4.39. The molecule has 1 aliphatic rings. The van der Waals surface area contributed by atoms with E-state index in [1.54, 1.807) is 17.1 Å². The smallest absolute Gasteiger partial charge is 0.266 e. The standard InChI is InChI=1S/C18H25N5O/c1-13-10-16(20-12-19-13)22-9-5-6-14(22)11-23-17(24)8-7-15(21-23)18(2,3)4/h7-8,10,12,14H,5-6,9,11H2,1-4H3. The van der Waals surface area contributed by atoms with Gasteiger partial charge in [-0.1, -0.05) is 20.8 Å². The monoisotopic (exact) mass is 327 g/mol. The normalized spacial score (nSPS) is 18.2. The molecule has 2 aromatic rings. The van der Waals surface area contributed by atoms with Crippen molar-refractivity contribution in [3.8, 4) is 0 Å². The van der Waals surface area contributed by atoms with Gasteiger partial charge in [0.2, 0.25) is 0 Å². The topological polar surface area (TPSA) is 63.9 Å². The van der Waals surface area contributed by atoms with Crippen LogP contribution in [0.25, 0.3) is 0 Å². The summed E-state index contributed by atoms with van der Waals surface area (Å²) in [5.74, 6) is 0.935. The van der Waals surface area contributed by atoms with E-state index in [9.17, 15) is 4.79 Å². The predicted molar refractivity (Wildman–Crippen MR) is 94.3 cm³/mol. The highest BCUT2D eigenvalue weighted by atomic mass is 16.1. The van der Waals surface area contributed by atoms with Crippen LogP contribution in [0.1, 0.15) is 45.0 Å². The van der Waals surface area contributed by atoms with Crippen LogP contribution in [0, 0.1) is 6.92 Å². The second-order valence-electron chi connectivity index (χ2n) is 7.50. The molecule has 3 rings (SSSR count). The van der Waals surface area contributed by atoms with Crippen molar-refractivity contribution in [2.45, 2.75) is 58.5 Å². The van der Waals surface area contributed by atoms with E-state index in [-0.39, 0.29) is 17.0 Å². The van der Waals surface area contributed by atoms with Crippen molar-refractivity contribution in [1.82, 2.24) is 19.7 Å². The molecule has 1 saturated heterocycles. The van der Waals surface area contributed by atoms with Crippen molar-refractivity contribution in [1.29, 1.82) is 0 Å². The average Bonchev–Trinajstić information content (AvgIpc) is 2.96. The van der Waals surface area contributed by atoms with Gasteiger partial charge in [-0.05, 0) is 25.8 Å². The SMILES string of the molecule is Cc1cc(N2CCCC2Cn2nc(C(C)(C)C)ccc2=O)ncn1. The van der Waals surface area contributed by atoms with Crippen LogP contribution in [0.2, 0.25) is 0 Å². The highest BCUT2D eigenvalue weighted by Crippen LogP contribution is 2.25. The Morgan fingerprint density at radius 2 is 2.04 bits per heavy atom. The molecule has 0 saturated carbocycles. The highest BCUT2D eigenvalue weighted by molar-refractivity contribution is 5.41. The number of aryl methyl sites for hydroxylation is 1. The summed E-state index contributed by atoms with van der Waals surface area (Å²) in [4.78, 5) is 23.1. The lowest BCUT2D eigenvalue weighted by atomic mass is 9.92. The highest BCUT2D eigenvalue weighted by Gasteiger charge is 2.27. The Morgan fingerprint density at radius 3 is 2.75 bits per heavy atom. The molecule has 0 radical (unpaired) electrons. The van der Waals surface area contributed by atoms with E-state index in [1.165, 1.54) is 0 Å². The van der Waals surface area contributed by atoms with Crippen LogP contribution in [0.15, 0.2) is 29.3 Å². The molecule has 6 nitrogen and oxygen atoms in total. The van der Waals surface area contributed by atoms with E-state index in [1.807, 2.05) is 19.1 Å². The first-order valence-electron chi connectivity index (χ1n) is 8.48. The molecule has 128 valence electrons. The number of nitrogens with zero attached hydrogens (tertiary/aromatic N) is 5. The second-order valence-corrected chi connectivity index (χ2v) is 7.50. The minimum absolute atomic E-state index is 0.0475. The Balaban J connectivity index is 1.86. The molecular formula is C18H25N5O. The van der Waals surface area contributed by atoms with E-state index in [0.29, 0.717) is 6.54 Å². The first-order valence-corrected chi connectivity index (χ1v) is 8.48. The van der Waals surface area contributed by atoms with Crippen molar-refractivity contribution in [2.75, 3.05) is 11.4 Å². The van der Waals surface area contributed by atoms with Crippen LogP contribution in [0.3, 0.4) is 0 Å². The maximum absolute atomic E-state index is 12.2. The molecule has 1 fully saturated rings. The van der Waals surface area contributed by atoms with E-state index < -0.39 is 0 Å². The summed E-state index contributed by atoms with van der Waals surface area (Å²) in [6.07, 6.45) is 3.74. The molecule has 24 heavy (non-hydrogen) atoms. The predicted octanol–water partition coefficient (Wildman–Crippen LogP) is 2.31. The molecule has 0 aliphatic carbocycles. The zero-order valence-corrected chi connectivity index (χ0v) is 14.9. The van der Waals surface area contributed by atoms with Crippen molar-refractivity contribution < 1.29 is 0 Å². The minimum atomic E-state index is -0.0748. The number of hydrogen-bond acceptors (Lipinski definition) is 5. The molecule has 0 N–H and O–H groups in total. The Labute approximate surface area is 142 Å². The van der Waals surface area contributed by atoms with Crippen molar-refractivity contribution in [3.05, 3.63) is 46.3 Å². The van der Waals surface area contributed by atoms with Gasteiger partial charge in [-0.25, -0.2) is 14.6 Å². The Morgan fingerprint density at radius 1 is 1.25 bits per heavy atom. The van der Waals surface area contributed by atoms with Gasteiger partial charge in [0.1, 0.15) is 12.1 Å². The molecule has 6 heteroatoms. The van der Waals surface area contributed by atoms with Crippen LogP contribution in [-0.2, 0) is 12.0 Å². The number of hydrogen-bond donors (Lipinski definition) is 0. The van der Waals surface area contributed by atoms with E-state index in [4.69, 9.17) is 0 Å². The molecular weight excluding hydrogens is 302 g/mol. The third kappa shape index (κ3) is 3.47. The van der Waals surface area contributed by atoms with Gasteiger partial charge < -0.3 is 4.90 Å². The molecule has 1 unspecified atom stereocenters. The van der Waals surface area contributed by atoms with E-state index >= 15 is 0 Å². The van der Waals surface area contributed by atoms with E-state index in [0.717, 1.165) is 36.6 Å². The molecule has 0 bridgehead atoms. The molecule has 2 aromatic heterocycles. The van der Waals surface area contributed by atoms with Crippen molar-refractivity contribution >= 4 is 5.82 Å². The number of aromatic nitrogens is 4. The van der Waals surface area contributed by atoms with Crippen LogP contribution in [-0.4, -0.2) is 32.3 Å². The largest absolute Gasteiger partial charge is 0.352 e. The summed E-state index contributed by atoms with van der Waals surface area (Å²) >= 11 is 0. The van der Waals surface area contributed by atoms with E-state index in [2.05, 4.69) is 40.7 Å². The lowest BCUT2D eigenvalue weighted by Gasteiger charge is -2.26. The van der Waals surface area contributed by atoms with Crippen LogP contribution < -0.4 is 10.5 Å². The quantitative estimate of drug-likeness (QED) is 0.865. The fourth-order valence-electron chi connectivity index (χ4n) is 3.10. The maximum atomic E-state index is 12.2. The number of anilines is 1. The minimum Gasteiger partial charge on any atom is -0.352 e. The van der Waals surface area contributed by atoms with Gasteiger partial charge >= 0.3 is 0 Å². The summed E-state index contributed by atoms with van der Waals surface area (Å²) in [5, 5.41) is 4.60. The van der Waals surface area contributed by atoms with Crippen molar-refractivity contribution in [3.63, 3.8) is 0 Å². The van der Waals surface area contributed by atoms with Crippen LogP contribution in [0.4, 0.5) is 5.82 Å². The lowest BCUT2D eigenvalue weighted by Crippen LogP contribution is -2.38. The van der Waals surface area contributed by atoms with Gasteiger partial charge in [0.25, 0.3) is 5.56 Å². The molecule has 0 amide bonds. The van der Waals surface area contributed by atoms with Gasteiger partial charge in [-0.2, -0.15) is 5.10 Å². The summed E-state index contributed by atoms with van der Waals surface area (Å²) in [6.45, 7) is 9.83. The Hall–Kier alpha value is -2.24. The third-order valence-electron chi connectivity index (χ3n) is 4.48. The van der Waals surface area contributed by atoms with Crippen LogP contribution >= 0.6 is 0 Å². The summed E-state index contributed by atoms with van der Waals surface area (Å²) in [7, 11) is 0. The third-order valence-corrected chi connectivity index (χ3v) is 4.48. The van der Waals surface area contributed by atoms with Crippen molar-refractivity contribution in [2.24, 2.45) is 0 Å². The second kappa shape index (κ2) is 6.34. The van der Waals surface area contributed by atoms with Gasteiger partial charge in [0.05, 0.1) is 18.3 Å². The van der Waals surface area contributed by atoms with Gasteiger partial charge in [-0.3, -0.25) is 4.79 Å². The fourth-order valence-corrected chi connectivity index (χ4v) is 3.10. The fraction of sp³-hybridized carbons (Fsp3) is 0.556.